The van der Waals surface area contributed by atoms with Crippen molar-refractivity contribution in [2.45, 2.75) is 20.8 Å². The zero-order valence-electron chi connectivity index (χ0n) is 11.4. The number of hydrogen-bond acceptors (Lipinski definition) is 2. The fraction of sp³-hybridized carbons (Fsp3) is 0.286. The molecule has 0 aliphatic rings. The van der Waals surface area contributed by atoms with E-state index >= 15 is 0 Å². The normalized spacial score (nSPS) is 10.6. The standard InChI is InChI=1S/C14H16BrN3O/c1-8-5-11(6-9(2)13(8)15)17-14(19)12-7-16-18(4)10(12)3/h5-7H,1-4H3,(H,17,19). The van der Waals surface area contributed by atoms with Gasteiger partial charge in [-0.15, -0.1) is 0 Å². The maximum absolute atomic E-state index is 12.2. The van der Waals surface area contributed by atoms with Gasteiger partial charge in [-0.25, -0.2) is 0 Å². The lowest BCUT2D eigenvalue weighted by Gasteiger charge is -2.09. The van der Waals surface area contributed by atoms with Crippen molar-refractivity contribution in [1.29, 1.82) is 0 Å². The minimum Gasteiger partial charge on any atom is -0.322 e. The van der Waals surface area contributed by atoms with Crippen LogP contribution in [0.15, 0.2) is 22.8 Å². The Morgan fingerprint density at radius 2 is 1.84 bits per heavy atom. The number of nitrogens with one attached hydrogen (secondary N) is 1. The molecule has 0 radical (unpaired) electrons. The summed E-state index contributed by atoms with van der Waals surface area (Å²) in [5.74, 6) is -0.133. The Morgan fingerprint density at radius 3 is 2.32 bits per heavy atom. The van der Waals surface area contributed by atoms with Gasteiger partial charge in [-0.3, -0.25) is 9.48 Å². The van der Waals surface area contributed by atoms with Crippen molar-refractivity contribution in [3.05, 3.63) is 45.2 Å². The van der Waals surface area contributed by atoms with Gasteiger partial charge >= 0.3 is 0 Å². The topological polar surface area (TPSA) is 46.9 Å². The number of carbonyl (C=O) groups is 1. The van der Waals surface area contributed by atoms with Gasteiger partial charge in [-0.2, -0.15) is 5.10 Å². The predicted molar refractivity (Wildman–Crippen MR) is 79.5 cm³/mol. The summed E-state index contributed by atoms with van der Waals surface area (Å²) in [7, 11) is 1.82. The van der Waals surface area contributed by atoms with Gasteiger partial charge in [0, 0.05) is 22.9 Å². The van der Waals surface area contributed by atoms with E-state index in [9.17, 15) is 4.79 Å². The van der Waals surface area contributed by atoms with Crippen molar-refractivity contribution in [2.75, 3.05) is 5.32 Å². The van der Waals surface area contributed by atoms with Crippen molar-refractivity contribution < 1.29 is 4.79 Å². The molecule has 0 spiro atoms. The third-order valence-electron chi connectivity index (χ3n) is 3.17. The molecule has 2 rings (SSSR count). The Morgan fingerprint density at radius 1 is 1.26 bits per heavy atom. The largest absolute Gasteiger partial charge is 0.322 e. The van der Waals surface area contributed by atoms with Gasteiger partial charge < -0.3 is 5.32 Å². The van der Waals surface area contributed by atoms with E-state index in [0.29, 0.717) is 5.56 Å². The number of hydrogen-bond donors (Lipinski definition) is 1. The van der Waals surface area contributed by atoms with E-state index in [2.05, 4.69) is 26.3 Å². The smallest absolute Gasteiger partial charge is 0.259 e. The van der Waals surface area contributed by atoms with Crippen molar-refractivity contribution in [2.24, 2.45) is 7.05 Å². The van der Waals surface area contributed by atoms with Crippen LogP contribution >= 0.6 is 15.9 Å². The van der Waals surface area contributed by atoms with Gasteiger partial charge in [-0.05, 0) is 44.0 Å². The highest BCUT2D eigenvalue weighted by Gasteiger charge is 2.13. The molecule has 19 heavy (non-hydrogen) atoms. The van der Waals surface area contributed by atoms with Gasteiger partial charge in [0.05, 0.1) is 11.8 Å². The number of halogens is 1. The number of amides is 1. The minimum atomic E-state index is -0.133. The monoisotopic (exact) mass is 321 g/mol. The van der Waals surface area contributed by atoms with E-state index in [0.717, 1.165) is 27.0 Å². The van der Waals surface area contributed by atoms with Crippen molar-refractivity contribution in [3.63, 3.8) is 0 Å². The molecule has 1 aromatic heterocycles. The highest BCUT2D eigenvalue weighted by Crippen LogP contribution is 2.25. The molecule has 1 aromatic carbocycles. The van der Waals surface area contributed by atoms with Gasteiger partial charge in [0.25, 0.3) is 5.91 Å². The summed E-state index contributed by atoms with van der Waals surface area (Å²) in [6.45, 7) is 5.88. The average molecular weight is 322 g/mol. The average Bonchev–Trinajstić information content (AvgIpc) is 2.67. The fourth-order valence-corrected chi connectivity index (χ4v) is 2.17. The molecule has 0 unspecified atom stereocenters. The number of rotatable bonds is 2. The number of nitrogens with zero attached hydrogens (tertiary/aromatic N) is 2. The van der Waals surface area contributed by atoms with E-state index in [1.165, 1.54) is 0 Å². The van der Waals surface area contributed by atoms with E-state index in [1.54, 1.807) is 10.9 Å². The second-order valence-electron chi connectivity index (χ2n) is 4.65. The number of carbonyl (C=O) groups excluding carboxylic acids is 1. The number of anilines is 1. The quantitative estimate of drug-likeness (QED) is 0.921. The van der Waals surface area contributed by atoms with Crippen LogP contribution < -0.4 is 5.32 Å². The second kappa shape index (κ2) is 5.17. The molecule has 0 saturated carbocycles. The molecule has 4 nitrogen and oxygen atoms in total. The number of aryl methyl sites for hydroxylation is 3. The first-order chi connectivity index (χ1) is 8.90. The molecule has 0 saturated heterocycles. The maximum Gasteiger partial charge on any atom is 0.259 e. The van der Waals surface area contributed by atoms with E-state index in [-0.39, 0.29) is 5.91 Å². The summed E-state index contributed by atoms with van der Waals surface area (Å²) in [4.78, 5) is 12.2. The molecule has 0 aliphatic heterocycles. The van der Waals surface area contributed by atoms with Crippen molar-refractivity contribution in [1.82, 2.24) is 9.78 Å². The van der Waals surface area contributed by atoms with Crippen LogP contribution in [-0.4, -0.2) is 15.7 Å². The molecule has 0 bridgehead atoms. The van der Waals surface area contributed by atoms with E-state index in [4.69, 9.17) is 0 Å². The Balaban J connectivity index is 2.27. The number of benzene rings is 1. The number of aromatic nitrogens is 2. The Hall–Kier alpha value is -1.62. The summed E-state index contributed by atoms with van der Waals surface area (Å²) < 4.78 is 2.76. The minimum absolute atomic E-state index is 0.133. The molecule has 0 atom stereocenters. The van der Waals surface area contributed by atoms with E-state index < -0.39 is 0 Å². The van der Waals surface area contributed by atoms with Gasteiger partial charge in [0.15, 0.2) is 0 Å². The lowest BCUT2D eigenvalue weighted by Crippen LogP contribution is -2.13. The SMILES string of the molecule is Cc1cc(NC(=O)c2cnn(C)c2C)cc(C)c1Br. The van der Waals surface area contributed by atoms with Crippen LogP contribution in [0.4, 0.5) is 5.69 Å². The van der Waals surface area contributed by atoms with Crippen LogP contribution in [0.1, 0.15) is 27.2 Å². The summed E-state index contributed by atoms with van der Waals surface area (Å²) >= 11 is 3.51. The van der Waals surface area contributed by atoms with Crippen molar-refractivity contribution in [3.8, 4) is 0 Å². The molecule has 0 fully saturated rings. The highest BCUT2D eigenvalue weighted by molar-refractivity contribution is 9.10. The van der Waals surface area contributed by atoms with Crippen LogP contribution in [-0.2, 0) is 7.05 Å². The molecular formula is C14H16BrN3O. The maximum atomic E-state index is 12.2. The first kappa shape index (κ1) is 13.8. The molecule has 2 aromatic rings. The Labute approximate surface area is 120 Å². The molecule has 5 heteroatoms. The Kier molecular flexibility index (Phi) is 3.75. The van der Waals surface area contributed by atoms with Gasteiger partial charge in [0.1, 0.15) is 0 Å². The molecule has 1 amide bonds. The second-order valence-corrected chi connectivity index (χ2v) is 5.44. The van der Waals surface area contributed by atoms with Crippen LogP contribution in [0.5, 0.6) is 0 Å². The zero-order valence-corrected chi connectivity index (χ0v) is 13.0. The molecule has 1 heterocycles. The molecule has 0 aliphatic carbocycles. The first-order valence-electron chi connectivity index (χ1n) is 5.97. The molecule has 1 N–H and O–H groups in total. The summed E-state index contributed by atoms with van der Waals surface area (Å²) in [5, 5.41) is 6.98. The summed E-state index contributed by atoms with van der Waals surface area (Å²) in [5.41, 5.74) is 4.44. The molecule has 100 valence electrons. The fourth-order valence-electron chi connectivity index (χ4n) is 1.94. The van der Waals surface area contributed by atoms with Crippen molar-refractivity contribution >= 4 is 27.5 Å². The zero-order chi connectivity index (χ0) is 14.2. The van der Waals surface area contributed by atoms with E-state index in [1.807, 2.05) is 40.0 Å². The van der Waals surface area contributed by atoms with Gasteiger partial charge in [-0.1, -0.05) is 15.9 Å². The summed E-state index contributed by atoms with van der Waals surface area (Å²) in [6, 6.07) is 3.89. The van der Waals surface area contributed by atoms with Crippen LogP contribution in [0.3, 0.4) is 0 Å². The first-order valence-corrected chi connectivity index (χ1v) is 6.76. The highest BCUT2D eigenvalue weighted by atomic mass is 79.9. The van der Waals surface area contributed by atoms with Crippen LogP contribution in [0, 0.1) is 20.8 Å². The summed E-state index contributed by atoms with van der Waals surface area (Å²) in [6.07, 6.45) is 1.59. The third-order valence-corrected chi connectivity index (χ3v) is 4.43. The predicted octanol–water partition coefficient (Wildman–Crippen LogP) is 3.36. The van der Waals surface area contributed by atoms with Crippen LogP contribution in [0.25, 0.3) is 0 Å². The Bertz CT molecular complexity index is 623. The lowest BCUT2D eigenvalue weighted by molar-refractivity contribution is 0.102. The lowest BCUT2D eigenvalue weighted by atomic mass is 10.1. The molecular weight excluding hydrogens is 306 g/mol. The third kappa shape index (κ3) is 2.71. The van der Waals surface area contributed by atoms with Crippen LogP contribution in [0.2, 0.25) is 0 Å². The van der Waals surface area contributed by atoms with Gasteiger partial charge in [0.2, 0.25) is 0 Å².